The van der Waals surface area contributed by atoms with Crippen molar-refractivity contribution < 1.29 is 29.4 Å². The Kier molecular flexibility index (Phi) is 10.1. The Morgan fingerprint density at radius 1 is 1.06 bits per heavy atom. The molecule has 0 saturated heterocycles. The fourth-order valence-electron chi connectivity index (χ4n) is 2.74. The average molecular weight is 441 g/mol. The summed E-state index contributed by atoms with van der Waals surface area (Å²) in [6.45, 7) is 6.34. The number of hydrogen-bond acceptors (Lipinski definition) is 7. The van der Waals surface area contributed by atoms with Crippen LogP contribution in [0.4, 0.5) is 0 Å². The predicted molar refractivity (Wildman–Crippen MR) is 111 cm³/mol. The van der Waals surface area contributed by atoms with Crippen molar-refractivity contribution in [3.8, 4) is 0 Å². The molecular formula is C19H32N6O6. The van der Waals surface area contributed by atoms with Crippen LogP contribution in [-0.4, -0.2) is 74.1 Å². The molecule has 8 N–H and O–H groups in total. The third kappa shape index (κ3) is 8.72. The van der Waals surface area contributed by atoms with Crippen LogP contribution in [0.25, 0.3) is 0 Å². The first-order chi connectivity index (χ1) is 14.4. The molecule has 0 aliphatic rings. The van der Waals surface area contributed by atoms with Gasteiger partial charge in [-0.3, -0.25) is 19.2 Å². The summed E-state index contributed by atoms with van der Waals surface area (Å²) in [4.78, 5) is 55.4. The first-order valence-electron chi connectivity index (χ1n) is 9.97. The molecule has 0 radical (unpaired) electrons. The molecule has 12 nitrogen and oxygen atoms in total. The number of nitrogens with zero attached hydrogens (tertiary/aromatic N) is 1. The second-order valence-electron chi connectivity index (χ2n) is 7.87. The van der Waals surface area contributed by atoms with Crippen LogP contribution in [-0.2, 0) is 25.6 Å². The highest BCUT2D eigenvalue weighted by Gasteiger charge is 2.32. The minimum Gasteiger partial charge on any atom is -0.480 e. The number of aromatic nitrogens is 2. The van der Waals surface area contributed by atoms with Crippen molar-refractivity contribution in [3.05, 3.63) is 18.2 Å². The summed E-state index contributed by atoms with van der Waals surface area (Å²) in [6.07, 6.45) is 2.02. The summed E-state index contributed by atoms with van der Waals surface area (Å²) in [5.41, 5.74) is 6.45. The summed E-state index contributed by atoms with van der Waals surface area (Å²) in [5.74, 6) is -3.26. The third-order valence-electron chi connectivity index (χ3n) is 4.47. The van der Waals surface area contributed by atoms with Crippen molar-refractivity contribution >= 4 is 23.7 Å². The van der Waals surface area contributed by atoms with Crippen LogP contribution >= 0.6 is 0 Å². The maximum Gasteiger partial charge on any atom is 0.325 e. The summed E-state index contributed by atoms with van der Waals surface area (Å²) in [5, 5.41) is 26.0. The topological polar surface area (TPSA) is 200 Å². The minimum atomic E-state index is -1.43. The van der Waals surface area contributed by atoms with Gasteiger partial charge in [0, 0.05) is 18.3 Å². The molecule has 0 saturated carbocycles. The molecule has 1 rings (SSSR count). The second kappa shape index (κ2) is 12.0. The fourth-order valence-corrected chi connectivity index (χ4v) is 2.74. The fraction of sp³-hybridized carbons (Fsp3) is 0.632. The number of aliphatic carboxylic acids is 1. The van der Waals surface area contributed by atoms with Gasteiger partial charge in [0.05, 0.1) is 18.5 Å². The molecule has 31 heavy (non-hydrogen) atoms. The van der Waals surface area contributed by atoms with E-state index < -0.39 is 54.0 Å². The van der Waals surface area contributed by atoms with Gasteiger partial charge in [-0.1, -0.05) is 13.8 Å². The number of aromatic amines is 1. The van der Waals surface area contributed by atoms with E-state index in [0.717, 1.165) is 0 Å². The Labute approximate surface area is 180 Å². The number of aliphatic hydroxyl groups excluding tert-OH is 1. The van der Waals surface area contributed by atoms with Crippen LogP contribution in [0.5, 0.6) is 0 Å². The van der Waals surface area contributed by atoms with Crippen molar-refractivity contribution in [1.82, 2.24) is 25.9 Å². The number of carbonyl (C=O) groups excluding carboxylic acids is 3. The van der Waals surface area contributed by atoms with Gasteiger partial charge in [0.1, 0.15) is 18.1 Å². The average Bonchev–Trinajstić information content (AvgIpc) is 3.17. The molecule has 5 unspecified atom stereocenters. The monoisotopic (exact) mass is 440 g/mol. The van der Waals surface area contributed by atoms with Gasteiger partial charge in [-0.2, -0.15) is 0 Å². The smallest absolute Gasteiger partial charge is 0.325 e. The number of rotatable bonds is 12. The third-order valence-corrected chi connectivity index (χ3v) is 4.47. The Morgan fingerprint density at radius 2 is 1.71 bits per heavy atom. The van der Waals surface area contributed by atoms with Gasteiger partial charge in [0.2, 0.25) is 17.7 Å². The molecule has 174 valence electrons. The quantitative estimate of drug-likeness (QED) is 0.199. The maximum atomic E-state index is 12.9. The van der Waals surface area contributed by atoms with Crippen molar-refractivity contribution in [2.45, 2.75) is 70.8 Å². The van der Waals surface area contributed by atoms with Crippen molar-refractivity contribution in [1.29, 1.82) is 0 Å². The van der Waals surface area contributed by atoms with E-state index in [1.165, 1.54) is 26.4 Å². The number of carbonyl (C=O) groups is 4. The summed E-state index contributed by atoms with van der Waals surface area (Å²) in [6, 6.07) is -4.60. The van der Waals surface area contributed by atoms with Crippen LogP contribution in [0.1, 0.15) is 39.8 Å². The second-order valence-corrected chi connectivity index (χ2v) is 7.87. The number of carboxylic acids is 1. The molecule has 1 aromatic rings. The lowest BCUT2D eigenvalue weighted by atomic mass is 10.0. The predicted octanol–water partition coefficient (Wildman–Crippen LogP) is -1.73. The highest BCUT2D eigenvalue weighted by molar-refractivity contribution is 5.94. The van der Waals surface area contributed by atoms with E-state index in [9.17, 15) is 24.3 Å². The molecule has 3 amide bonds. The number of amides is 3. The molecule has 1 aromatic heterocycles. The van der Waals surface area contributed by atoms with E-state index in [4.69, 9.17) is 10.8 Å². The Balaban J connectivity index is 2.96. The zero-order chi connectivity index (χ0) is 23.7. The van der Waals surface area contributed by atoms with E-state index in [0.29, 0.717) is 12.1 Å². The van der Waals surface area contributed by atoms with Crippen molar-refractivity contribution in [3.63, 3.8) is 0 Å². The largest absolute Gasteiger partial charge is 0.480 e. The van der Waals surface area contributed by atoms with Crippen LogP contribution in [0.3, 0.4) is 0 Å². The van der Waals surface area contributed by atoms with Crippen LogP contribution in [0, 0.1) is 5.92 Å². The van der Waals surface area contributed by atoms with Crippen molar-refractivity contribution in [2.75, 3.05) is 0 Å². The Morgan fingerprint density at radius 3 is 2.19 bits per heavy atom. The lowest BCUT2D eigenvalue weighted by Gasteiger charge is -2.26. The van der Waals surface area contributed by atoms with Gasteiger partial charge in [-0.05, 0) is 26.2 Å². The van der Waals surface area contributed by atoms with E-state index in [-0.39, 0.29) is 12.3 Å². The highest BCUT2D eigenvalue weighted by atomic mass is 16.4. The normalized spacial score (nSPS) is 16.0. The molecule has 0 bridgehead atoms. The van der Waals surface area contributed by atoms with E-state index in [1.54, 1.807) is 0 Å². The molecule has 0 spiro atoms. The maximum absolute atomic E-state index is 12.9. The van der Waals surface area contributed by atoms with Crippen LogP contribution < -0.4 is 21.7 Å². The molecule has 5 atom stereocenters. The summed E-state index contributed by atoms with van der Waals surface area (Å²) >= 11 is 0. The highest BCUT2D eigenvalue weighted by Crippen LogP contribution is 2.06. The first kappa shape index (κ1) is 26.0. The molecule has 0 aliphatic heterocycles. The van der Waals surface area contributed by atoms with E-state index in [2.05, 4.69) is 25.9 Å². The number of nitrogens with two attached hydrogens (primary N) is 1. The molecule has 0 fully saturated rings. The minimum absolute atomic E-state index is 0.0334. The van der Waals surface area contributed by atoms with Crippen LogP contribution in [0.2, 0.25) is 0 Å². The van der Waals surface area contributed by atoms with Gasteiger partial charge >= 0.3 is 5.97 Å². The number of hydrogen-bond donors (Lipinski definition) is 7. The van der Waals surface area contributed by atoms with Gasteiger partial charge < -0.3 is 36.9 Å². The molecule has 0 aromatic carbocycles. The zero-order valence-electron chi connectivity index (χ0n) is 18.1. The van der Waals surface area contributed by atoms with Gasteiger partial charge in [0.25, 0.3) is 0 Å². The number of nitrogens with one attached hydrogen (secondary N) is 4. The first-order valence-corrected chi connectivity index (χ1v) is 9.97. The summed E-state index contributed by atoms with van der Waals surface area (Å²) in [7, 11) is 0. The Hall–Kier alpha value is -2.99. The molecule has 1 heterocycles. The number of carboxylic acid groups (broad SMARTS) is 1. The van der Waals surface area contributed by atoms with Gasteiger partial charge in [0.15, 0.2) is 0 Å². The Bertz CT molecular complexity index is 751. The number of H-pyrrole nitrogens is 1. The standard InChI is InChI=1S/C19H32N6O6/c1-9(2)5-13(20)16(27)24-14(6-12-7-21-8-22-12)17(28)25-15(11(4)26)18(29)23-10(3)19(30)31/h7-11,13-15,26H,5-6,20H2,1-4H3,(H,21,22)(H,23,29)(H,24,27)(H,25,28)(H,30,31). The van der Waals surface area contributed by atoms with Gasteiger partial charge in [-0.15, -0.1) is 0 Å². The van der Waals surface area contributed by atoms with E-state index in [1.807, 2.05) is 13.8 Å². The molecule has 12 heteroatoms. The lowest BCUT2D eigenvalue weighted by Crippen LogP contribution is -2.60. The van der Waals surface area contributed by atoms with Crippen molar-refractivity contribution in [2.24, 2.45) is 11.7 Å². The SMILES string of the molecule is CC(C)CC(N)C(=O)NC(Cc1cnc[nH]1)C(=O)NC(C(=O)NC(C)C(=O)O)C(C)O. The van der Waals surface area contributed by atoms with Gasteiger partial charge in [-0.25, -0.2) is 4.98 Å². The summed E-state index contributed by atoms with van der Waals surface area (Å²) < 4.78 is 0. The number of imidazole rings is 1. The number of aliphatic hydroxyl groups is 1. The zero-order valence-corrected chi connectivity index (χ0v) is 18.1. The van der Waals surface area contributed by atoms with Crippen LogP contribution in [0.15, 0.2) is 12.5 Å². The lowest BCUT2D eigenvalue weighted by molar-refractivity contribution is -0.142. The molecular weight excluding hydrogens is 408 g/mol. The molecule has 0 aliphatic carbocycles. The van der Waals surface area contributed by atoms with E-state index >= 15 is 0 Å².